The van der Waals surface area contributed by atoms with E-state index >= 15 is 0 Å². The average Bonchev–Trinajstić information content (AvgIpc) is 2.85. The molecule has 3 aromatic rings. The van der Waals surface area contributed by atoms with E-state index in [1.54, 1.807) is 13.3 Å². The van der Waals surface area contributed by atoms with Crippen molar-refractivity contribution in [3.05, 3.63) is 42.2 Å². The molecule has 0 bridgehead atoms. The summed E-state index contributed by atoms with van der Waals surface area (Å²) < 4.78 is 5.33. The van der Waals surface area contributed by atoms with Gasteiger partial charge in [0.2, 0.25) is 0 Å². The van der Waals surface area contributed by atoms with E-state index in [1.165, 1.54) is 0 Å². The van der Waals surface area contributed by atoms with Gasteiger partial charge in [-0.3, -0.25) is 0 Å². The monoisotopic (exact) mass is 253 g/mol. The zero-order chi connectivity index (χ0) is 13.4. The number of nitrogen functional groups attached to an aromatic ring is 1. The van der Waals surface area contributed by atoms with Gasteiger partial charge in [0.05, 0.1) is 12.8 Å². The van der Waals surface area contributed by atoms with E-state index in [1.807, 2.05) is 31.3 Å². The first kappa shape index (κ1) is 11.6. The quantitative estimate of drug-likeness (QED) is 0.690. The zero-order valence-electron chi connectivity index (χ0n) is 10.9. The van der Waals surface area contributed by atoms with Gasteiger partial charge in [-0.15, -0.1) is 0 Å². The van der Waals surface area contributed by atoms with Gasteiger partial charge >= 0.3 is 0 Å². The summed E-state index contributed by atoms with van der Waals surface area (Å²) in [5, 5.41) is 1.09. The molecule has 0 atom stereocenters. The molecule has 0 aliphatic heterocycles. The van der Waals surface area contributed by atoms with Gasteiger partial charge in [0.25, 0.3) is 0 Å². The van der Waals surface area contributed by atoms with E-state index in [0.717, 1.165) is 27.7 Å². The Balaban J connectivity index is 2.24. The van der Waals surface area contributed by atoms with Gasteiger partial charge < -0.3 is 15.5 Å². The Hall–Kier alpha value is -2.49. The van der Waals surface area contributed by atoms with Crippen molar-refractivity contribution >= 4 is 16.7 Å². The predicted octanol–water partition coefficient (Wildman–Crippen LogP) is 3.13. The number of hydrogen-bond donors (Lipinski definition) is 2. The number of H-pyrrole nitrogens is 1. The summed E-state index contributed by atoms with van der Waals surface area (Å²) in [5.41, 5.74) is 10.7. The molecule has 0 saturated heterocycles. The molecule has 0 radical (unpaired) electrons. The van der Waals surface area contributed by atoms with Crippen LogP contribution in [0.25, 0.3) is 22.2 Å². The molecule has 4 nitrogen and oxygen atoms in total. The van der Waals surface area contributed by atoms with Crippen LogP contribution in [0.1, 0.15) is 5.56 Å². The molecule has 2 aromatic heterocycles. The first-order valence-corrected chi connectivity index (χ1v) is 6.07. The number of nitrogens with two attached hydrogens (primary N) is 1. The molecule has 1 aromatic carbocycles. The first-order valence-electron chi connectivity index (χ1n) is 6.07. The lowest BCUT2D eigenvalue weighted by Crippen LogP contribution is -1.96. The topological polar surface area (TPSA) is 63.9 Å². The largest absolute Gasteiger partial charge is 0.495 e. The number of methoxy groups -OCH3 is 1. The molecule has 0 fully saturated rings. The third-order valence-corrected chi connectivity index (χ3v) is 3.33. The first-order chi connectivity index (χ1) is 9.20. The van der Waals surface area contributed by atoms with Gasteiger partial charge in [0.15, 0.2) is 0 Å². The summed E-state index contributed by atoms with van der Waals surface area (Å²) in [7, 11) is 1.63. The van der Waals surface area contributed by atoms with Crippen LogP contribution in [-0.4, -0.2) is 17.1 Å². The van der Waals surface area contributed by atoms with E-state index in [-0.39, 0.29) is 0 Å². The molecular weight excluding hydrogens is 238 g/mol. The van der Waals surface area contributed by atoms with Gasteiger partial charge in [-0.2, -0.15) is 0 Å². The van der Waals surface area contributed by atoms with Crippen molar-refractivity contribution in [3.63, 3.8) is 0 Å². The van der Waals surface area contributed by atoms with E-state index in [0.29, 0.717) is 11.4 Å². The van der Waals surface area contributed by atoms with Gasteiger partial charge in [0.1, 0.15) is 11.4 Å². The van der Waals surface area contributed by atoms with Crippen molar-refractivity contribution in [3.8, 4) is 16.9 Å². The number of benzene rings is 1. The smallest absolute Gasteiger partial charge is 0.142 e. The minimum Gasteiger partial charge on any atom is -0.495 e. The Morgan fingerprint density at radius 2 is 2.16 bits per heavy atom. The highest BCUT2D eigenvalue weighted by atomic mass is 16.5. The number of rotatable bonds is 2. The fourth-order valence-corrected chi connectivity index (χ4v) is 2.29. The van der Waals surface area contributed by atoms with E-state index in [9.17, 15) is 0 Å². The molecule has 4 heteroatoms. The molecule has 3 N–H and O–H groups in total. The van der Waals surface area contributed by atoms with Gasteiger partial charge in [-0.1, -0.05) is 0 Å². The Labute approximate surface area is 111 Å². The lowest BCUT2D eigenvalue weighted by molar-refractivity contribution is 0.417. The van der Waals surface area contributed by atoms with Crippen molar-refractivity contribution in [1.29, 1.82) is 0 Å². The number of anilines is 1. The van der Waals surface area contributed by atoms with Crippen LogP contribution in [0.3, 0.4) is 0 Å². The number of pyridine rings is 1. The minimum atomic E-state index is 0.684. The van der Waals surface area contributed by atoms with Crippen LogP contribution < -0.4 is 10.5 Å². The van der Waals surface area contributed by atoms with Crippen LogP contribution in [0.15, 0.2) is 36.7 Å². The molecular formula is C15H15N3O. The summed E-state index contributed by atoms with van der Waals surface area (Å²) >= 11 is 0. The summed E-state index contributed by atoms with van der Waals surface area (Å²) in [5.74, 6) is 0.702. The lowest BCUT2D eigenvalue weighted by atomic mass is 10.0. The SMILES string of the molecule is COc1cc(-c2c[nH]c3ncccc23)cc(C)c1N. The van der Waals surface area contributed by atoms with Crippen molar-refractivity contribution in [1.82, 2.24) is 9.97 Å². The number of aromatic amines is 1. The Morgan fingerprint density at radius 1 is 1.32 bits per heavy atom. The van der Waals surface area contributed by atoms with Crippen molar-refractivity contribution < 1.29 is 4.74 Å². The van der Waals surface area contributed by atoms with Gasteiger partial charge in [-0.05, 0) is 42.3 Å². The minimum absolute atomic E-state index is 0.684. The number of ether oxygens (including phenoxy) is 1. The molecule has 3 rings (SSSR count). The van der Waals surface area contributed by atoms with Crippen molar-refractivity contribution in [2.45, 2.75) is 6.92 Å². The maximum atomic E-state index is 5.98. The third kappa shape index (κ3) is 1.81. The lowest BCUT2D eigenvalue weighted by Gasteiger charge is -2.10. The number of fused-ring (bicyclic) bond motifs is 1. The number of nitrogens with one attached hydrogen (secondary N) is 1. The second-order valence-electron chi connectivity index (χ2n) is 4.51. The third-order valence-electron chi connectivity index (χ3n) is 3.33. The zero-order valence-corrected chi connectivity index (χ0v) is 10.9. The molecule has 0 aliphatic carbocycles. The van der Waals surface area contributed by atoms with E-state index < -0.39 is 0 Å². The maximum Gasteiger partial charge on any atom is 0.142 e. The molecule has 0 unspecified atom stereocenters. The van der Waals surface area contributed by atoms with Crippen LogP contribution in [0.5, 0.6) is 5.75 Å². The molecule has 2 heterocycles. The second kappa shape index (κ2) is 4.31. The second-order valence-corrected chi connectivity index (χ2v) is 4.51. The molecule has 19 heavy (non-hydrogen) atoms. The van der Waals surface area contributed by atoms with Crippen LogP contribution in [0, 0.1) is 6.92 Å². The maximum absolute atomic E-state index is 5.98. The van der Waals surface area contributed by atoms with Crippen LogP contribution >= 0.6 is 0 Å². The normalized spacial score (nSPS) is 10.8. The number of aromatic nitrogens is 2. The number of hydrogen-bond acceptors (Lipinski definition) is 3. The van der Waals surface area contributed by atoms with Crippen molar-refractivity contribution in [2.24, 2.45) is 0 Å². The average molecular weight is 253 g/mol. The van der Waals surface area contributed by atoms with Crippen LogP contribution in [0.2, 0.25) is 0 Å². The predicted molar refractivity (Wildman–Crippen MR) is 77.2 cm³/mol. The Bertz CT molecular complexity index is 746. The Kier molecular flexibility index (Phi) is 2.63. The van der Waals surface area contributed by atoms with Gasteiger partial charge in [0, 0.05) is 23.3 Å². The molecule has 0 saturated carbocycles. The summed E-state index contributed by atoms with van der Waals surface area (Å²) in [6.07, 6.45) is 3.74. The van der Waals surface area contributed by atoms with E-state index in [2.05, 4.69) is 16.0 Å². The number of aryl methyl sites for hydroxylation is 1. The number of nitrogens with zero attached hydrogens (tertiary/aromatic N) is 1. The highest BCUT2D eigenvalue weighted by Crippen LogP contribution is 2.34. The van der Waals surface area contributed by atoms with Crippen molar-refractivity contribution in [2.75, 3.05) is 12.8 Å². The van der Waals surface area contributed by atoms with Crippen LogP contribution in [0.4, 0.5) is 5.69 Å². The molecule has 96 valence electrons. The molecule has 0 amide bonds. The fourth-order valence-electron chi connectivity index (χ4n) is 2.29. The van der Waals surface area contributed by atoms with E-state index in [4.69, 9.17) is 10.5 Å². The highest BCUT2D eigenvalue weighted by Gasteiger charge is 2.11. The Morgan fingerprint density at radius 3 is 2.95 bits per heavy atom. The highest BCUT2D eigenvalue weighted by molar-refractivity contribution is 5.94. The summed E-state index contributed by atoms with van der Waals surface area (Å²) in [4.78, 5) is 7.47. The summed E-state index contributed by atoms with van der Waals surface area (Å²) in [6, 6.07) is 8.00. The van der Waals surface area contributed by atoms with Crippen LogP contribution in [-0.2, 0) is 0 Å². The molecule has 0 spiro atoms. The summed E-state index contributed by atoms with van der Waals surface area (Å²) in [6.45, 7) is 1.98. The van der Waals surface area contributed by atoms with Gasteiger partial charge in [-0.25, -0.2) is 4.98 Å². The standard InChI is InChI=1S/C15H15N3O/c1-9-6-10(7-13(19-2)14(9)16)12-8-18-15-11(12)4-3-5-17-15/h3-8H,16H2,1-2H3,(H,17,18). The fraction of sp³-hybridized carbons (Fsp3) is 0.133. The molecule has 0 aliphatic rings.